The number of likely N-dealkylation sites (tertiary alicyclic amines) is 1. The van der Waals surface area contributed by atoms with Gasteiger partial charge in [0, 0.05) is 12.6 Å². The standard InChI is InChI=1S/C12H22F3NO/c1-9(2)8-16-7-5-4-6-10(16)11(3,17)12(13,14)15/h9-10,17H,4-8H2,1-3H3. The number of alkyl halides is 3. The molecular weight excluding hydrogens is 231 g/mol. The molecule has 1 aliphatic heterocycles. The molecule has 0 radical (unpaired) electrons. The first kappa shape index (κ1) is 14.8. The van der Waals surface area contributed by atoms with E-state index in [1.807, 2.05) is 13.8 Å². The predicted molar refractivity (Wildman–Crippen MR) is 60.7 cm³/mol. The Morgan fingerprint density at radius 2 is 1.88 bits per heavy atom. The lowest BCUT2D eigenvalue weighted by atomic mass is 9.86. The molecule has 1 aliphatic rings. The van der Waals surface area contributed by atoms with Crippen LogP contribution in [0, 0.1) is 5.92 Å². The molecule has 17 heavy (non-hydrogen) atoms. The van der Waals surface area contributed by atoms with E-state index in [0.29, 0.717) is 25.4 Å². The van der Waals surface area contributed by atoms with E-state index in [0.717, 1.165) is 19.8 Å². The molecule has 0 aromatic heterocycles. The van der Waals surface area contributed by atoms with Crippen molar-refractivity contribution in [3.8, 4) is 0 Å². The van der Waals surface area contributed by atoms with Crippen LogP contribution in [-0.4, -0.2) is 40.9 Å². The van der Waals surface area contributed by atoms with E-state index in [1.54, 1.807) is 4.90 Å². The zero-order valence-electron chi connectivity index (χ0n) is 10.7. The summed E-state index contributed by atoms with van der Waals surface area (Å²) in [6, 6.07) is -0.807. The van der Waals surface area contributed by atoms with Crippen LogP contribution in [-0.2, 0) is 0 Å². The summed E-state index contributed by atoms with van der Waals surface area (Å²) >= 11 is 0. The highest BCUT2D eigenvalue weighted by Crippen LogP contribution is 2.38. The Hall–Kier alpha value is -0.290. The van der Waals surface area contributed by atoms with E-state index in [9.17, 15) is 18.3 Å². The van der Waals surface area contributed by atoms with Crippen molar-refractivity contribution in [1.82, 2.24) is 4.90 Å². The maximum atomic E-state index is 12.9. The van der Waals surface area contributed by atoms with E-state index in [2.05, 4.69) is 0 Å². The van der Waals surface area contributed by atoms with E-state index in [4.69, 9.17) is 0 Å². The molecule has 0 saturated carbocycles. The van der Waals surface area contributed by atoms with Gasteiger partial charge in [-0.15, -0.1) is 0 Å². The van der Waals surface area contributed by atoms with Gasteiger partial charge in [-0.3, -0.25) is 4.90 Å². The molecule has 0 bridgehead atoms. The third-order valence-corrected chi connectivity index (χ3v) is 3.44. The lowest BCUT2D eigenvalue weighted by Crippen LogP contribution is -2.61. The summed E-state index contributed by atoms with van der Waals surface area (Å²) < 4.78 is 38.6. The van der Waals surface area contributed by atoms with Gasteiger partial charge in [-0.05, 0) is 32.2 Å². The summed E-state index contributed by atoms with van der Waals surface area (Å²) in [4.78, 5) is 1.79. The number of halogens is 3. The third kappa shape index (κ3) is 3.35. The second kappa shape index (κ2) is 5.14. The summed E-state index contributed by atoms with van der Waals surface area (Å²) in [5.41, 5.74) is -2.61. The minimum Gasteiger partial charge on any atom is -0.379 e. The van der Waals surface area contributed by atoms with Crippen LogP contribution in [0.5, 0.6) is 0 Å². The fraction of sp³-hybridized carbons (Fsp3) is 1.00. The summed E-state index contributed by atoms with van der Waals surface area (Å²) in [6.45, 7) is 6.12. The van der Waals surface area contributed by atoms with Gasteiger partial charge in [0.1, 0.15) is 0 Å². The van der Waals surface area contributed by atoms with E-state index < -0.39 is 17.8 Å². The number of rotatable bonds is 3. The quantitative estimate of drug-likeness (QED) is 0.836. The Labute approximate surface area is 101 Å². The summed E-state index contributed by atoms with van der Waals surface area (Å²) in [5, 5.41) is 9.79. The SMILES string of the molecule is CC(C)CN1CCCCC1C(C)(O)C(F)(F)F. The van der Waals surface area contributed by atoms with Gasteiger partial charge in [-0.2, -0.15) is 13.2 Å². The smallest absolute Gasteiger partial charge is 0.379 e. The fourth-order valence-corrected chi connectivity index (χ4v) is 2.50. The molecule has 5 heteroatoms. The van der Waals surface area contributed by atoms with Crippen LogP contribution in [0.25, 0.3) is 0 Å². The first-order valence-corrected chi connectivity index (χ1v) is 6.19. The van der Waals surface area contributed by atoms with Gasteiger partial charge in [-0.1, -0.05) is 20.3 Å². The Kier molecular flexibility index (Phi) is 4.47. The Balaban J connectivity index is 2.84. The van der Waals surface area contributed by atoms with Gasteiger partial charge < -0.3 is 5.11 Å². The van der Waals surface area contributed by atoms with Gasteiger partial charge in [0.25, 0.3) is 0 Å². The lowest BCUT2D eigenvalue weighted by Gasteiger charge is -2.45. The molecule has 0 spiro atoms. The second-order valence-corrected chi connectivity index (χ2v) is 5.55. The molecule has 0 aromatic carbocycles. The lowest BCUT2D eigenvalue weighted by molar-refractivity contribution is -0.276. The Bertz CT molecular complexity index is 251. The number of aliphatic hydroxyl groups is 1. The van der Waals surface area contributed by atoms with E-state index in [-0.39, 0.29) is 0 Å². The normalized spacial score (nSPS) is 27.2. The van der Waals surface area contributed by atoms with Crippen molar-refractivity contribution in [2.75, 3.05) is 13.1 Å². The van der Waals surface area contributed by atoms with Gasteiger partial charge >= 0.3 is 6.18 Å². The average molecular weight is 253 g/mol. The van der Waals surface area contributed by atoms with Crippen LogP contribution in [0.4, 0.5) is 13.2 Å². The maximum Gasteiger partial charge on any atom is 0.418 e. The first-order valence-electron chi connectivity index (χ1n) is 6.19. The summed E-state index contributed by atoms with van der Waals surface area (Å²) in [7, 11) is 0. The minimum absolute atomic E-state index is 0.305. The molecule has 2 nitrogen and oxygen atoms in total. The number of piperidine rings is 1. The van der Waals surface area contributed by atoms with Crippen molar-refractivity contribution in [2.45, 2.75) is 57.9 Å². The number of hydrogen-bond donors (Lipinski definition) is 1. The minimum atomic E-state index is -4.57. The molecule has 2 atom stereocenters. The molecule has 1 rings (SSSR count). The molecular formula is C12H22F3NO. The van der Waals surface area contributed by atoms with Crippen LogP contribution in [0.15, 0.2) is 0 Å². The van der Waals surface area contributed by atoms with Crippen molar-refractivity contribution in [2.24, 2.45) is 5.92 Å². The number of nitrogens with zero attached hydrogens (tertiary/aromatic N) is 1. The van der Waals surface area contributed by atoms with Crippen LogP contribution in [0.1, 0.15) is 40.0 Å². The highest BCUT2D eigenvalue weighted by molar-refractivity contribution is 4.97. The first-order chi connectivity index (χ1) is 7.66. The van der Waals surface area contributed by atoms with Crippen molar-refractivity contribution < 1.29 is 18.3 Å². The molecule has 2 unspecified atom stereocenters. The second-order valence-electron chi connectivity index (χ2n) is 5.55. The molecule has 102 valence electrons. The number of hydrogen-bond acceptors (Lipinski definition) is 2. The van der Waals surface area contributed by atoms with Gasteiger partial charge in [0.15, 0.2) is 5.60 Å². The van der Waals surface area contributed by atoms with Gasteiger partial charge in [0.2, 0.25) is 0 Å². The highest BCUT2D eigenvalue weighted by Gasteiger charge is 2.56. The van der Waals surface area contributed by atoms with Crippen LogP contribution in [0.2, 0.25) is 0 Å². The highest BCUT2D eigenvalue weighted by atomic mass is 19.4. The van der Waals surface area contributed by atoms with Crippen LogP contribution < -0.4 is 0 Å². The monoisotopic (exact) mass is 253 g/mol. The van der Waals surface area contributed by atoms with Crippen molar-refractivity contribution in [3.63, 3.8) is 0 Å². The van der Waals surface area contributed by atoms with E-state index in [1.165, 1.54) is 0 Å². The molecule has 1 N–H and O–H groups in total. The average Bonchev–Trinajstić information content (AvgIpc) is 2.15. The van der Waals surface area contributed by atoms with Crippen LogP contribution >= 0.6 is 0 Å². The Morgan fingerprint density at radius 3 is 2.35 bits per heavy atom. The van der Waals surface area contributed by atoms with Gasteiger partial charge in [0.05, 0.1) is 0 Å². The fourth-order valence-electron chi connectivity index (χ4n) is 2.50. The molecule has 1 heterocycles. The third-order valence-electron chi connectivity index (χ3n) is 3.44. The zero-order chi connectivity index (χ0) is 13.3. The van der Waals surface area contributed by atoms with Crippen LogP contribution in [0.3, 0.4) is 0 Å². The Morgan fingerprint density at radius 1 is 1.29 bits per heavy atom. The topological polar surface area (TPSA) is 23.5 Å². The van der Waals surface area contributed by atoms with Crippen molar-refractivity contribution in [1.29, 1.82) is 0 Å². The molecule has 0 amide bonds. The predicted octanol–water partition coefficient (Wildman–Crippen LogP) is 2.81. The molecule has 1 fully saturated rings. The summed E-state index contributed by atoms with van der Waals surface area (Å²) in [5.74, 6) is 0.305. The maximum absolute atomic E-state index is 12.9. The molecule has 0 aliphatic carbocycles. The van der Waals surface area contributed by atoms with Gasteiger partial charge in [-0.25, -0.2) is 0 Å². The van der Waals surface area contributed by atoms with Crippen molar-refractivity contribution in [3.05, 3.63) is 0 Å². The van der Waals surface area contributed by atoms with E-state index >= 15 is 0 Å². The molecule has 1 saturated heterocycles. The zero-order valence-corrected chi connectivity index (χ0v) is 10.7. The molecule has 0 aromatic rings. The summed E-state index contributed by atoms with van der Waals surface area (Å²) in [6.07, 6.45) is -2.48. The largest absolute Gasteiger partial charge is 0.418 e. The van der Waals surface area contributed by atoms with Crippen molar-refractivity contribution >= 4 is 0 Å².